The van der Waals surface area contributed by atoms with Gasteiger partial charge in [-0.15, -0.1) is 0 Å². The monoisotopic (exact) mass is 388 g/mol. The number of ether oxygens (including phenoxy) is 1. The van der Waals surface area contributed by atoms with Crippen molar-refractivity contribution in [1.29, 1.82) is 0 Å². The normalized spacial score (nSPS) is 15.6. The molecule has 0 bridgehead atoms. The van der Waals surface area contributed by atoms with Gasteiger partial charge in [-0.2, -0.15) is 13.2 Å². The Morgan fingerprint density at radius 1 is 1.15 bits per heavy atom. The van der Waals surface area contributed by atoms with Gasteiger partial charge in [-0.25, -0.2) is 9.11 Å². The van der Waals surface area contributed by atoms with Gasteiger partial charge in [-0.05, 0) is 41.3 Å². The van der Waals surface area contributed by atoms with E-state index < -0.39 is 18.0 Å². The number of hydrogen-bond acceptors (Lipinski definition) is 4. The molecular weight excluding hydrogens is 368 g/mol. The smallest absolute Gasteiger partial charge is 0.380 e. The fourth-order valence-corrected chi connectivity index (χ4v) is 3.08. The molecule has 0 spiro atoms. The maximum Gasteiger partial charge on any atom is 0.408 e. The summed E-state index contributed by atoms with van der Waals surface area (Å²) < 4.78 is 60.3. The molecule has 3 rings (SSSR count). The summed E-state index contributed by atoms with van der Waals surface area (Å²) in [5.41, 5.74) is 0.895. The van der Waals surface area contributed by atoms with Gasteiger partial charge in [0.2, 0.25) is 0 Å². The molecule has 1 aromatic heterocycles. The number of halogens is 4. The number of rotatable bonds is 5. The molecule has 2 heterocycles. The van der Waals surface area contributed by atoms with Gasteiger partial charge in [0.25, 0.3) is 0 Å². The Kier molecular flexibility index (Phi) is 7.43. The van der Waals surface area contributed by atoms with Crippen molar-refractivity contribution < 1.29 is 22.3 Å². The van der Waals surface area contributed by atoms with E-state index in [-0.39, 0.29) is 11.5 Å². The third kappa shape index (κ3) is 5.43. The summed E-state index contributed by atoms with van der Waals surface area (Å²) in [5.74, 6) is -0.333. The van der Waals surface area contributed by atoms with Crippen molar-refractivity contribution in [2.75, 3.05) is 13.2 Å². The molecular formula is C18H20F4N2OS. The molecule has 0 amide bonds. The average Bonchev–Trinajstić information content (AvgIpc) is 2.56. The summed E-state index contributed by atoms with van der Waals surface area (Å²) >= 11 is 0.854. The summed E-state index contributed by atoms with van der Waals surface area (Å²) in [6.45, 7) is 5.20. The van der Waals surface area contributed by atoms with Crippen LogP contribution in [0.3, 0.4) is 0 Å². The second-order valence-electron chi connectivity index (χ2n) is 5.43. The van der Waals surface area contributed by atoms with Crippen LogP contribution in [-0.4, -0.2) is 24.4 Å². The molecule has 2 aromatic rings. The Hall–Kier alpha value is -1.64. The zero-order valence-corrected chi connectivity index (χ0v) is 15.2. The summed E-state index contributed by atoms with van der Waals surface area (Å²) in [6, 6.07) is 4.18. The summed E-state index contributed by atoms with van der Waals surface area (Å²) in [5, 5.41) is 0. The molecule has 1 fully saturated rings. The number of nitrogens with one attached hydrogen (secondary N) is 1. The zero-order chi connectivity index (χ0) is 19.2. The third-order valence-corrected chi connectivity index (χ3v) is 4.48. The van der Waals surface area contributed by atoms with E-state index in [1.54, 1.807) is 12.3 Å². The molecule has 1 atom stereocenters. The van der Waals surface area contributed by atoms with Crippen molar-refractivity contribution in [3.05, 3.63) is 59.7 Å². The van der Waals surface area contributed by atoms with E-state index >= 15 is 0 Å². The predicted molar refractivity (Wildman–Crippen MR) is 93.3 cm³/mol. The van der Waals surface area contributed by atoms with Gasteiger partial charge in [0.05, 0.1) is 13.2 Å². The number of pyridine rings is 1. The minimum atomic E-state index is -4.50. The number of hydrogen-bond donors (Lipinski definition) is 1. The molecule has 3 nitrogen and oxygen atoms in total. The van der Waals surface area contributed by atoms with E-state index in [1.807, 2.05) is 13.8 Å². The summed E-state index contributed by atoms with van der Waals surface area (Å²) in [6.07, 6.45) is -1.31. The van der Waals surface area contributed by atoms with Gasteiger partial charge in [-0.3, -0.25) is 4.98 Å². The highest BCUT2D eigenvalue weighted by Gasteiger charge is 2.40. The molecule has 0 aliphatic carbocycles. The van der Waals surface area contributed by atoms with Crippen molar-refractivity contribution >= 4 is 11.9 Å². The molecule has 1 N–H and O–H groups in total. The van der Waals surface area contributed by atoms with E-state index in [0.29, 0.717) is 18.1 Å². The highest BCUT2D eigenvalue weighted by Crippen LogP contribution is 2.35. The predicted octanol–water partition coefficient (Wildman–Crippen LogP) is 5.26. The Balaban J connectivity index is 0.00000117. The largest absolute Gasteiger partial charge is 0.408 e. The maximum absolute atomic E-state index is 13.3. The standard InChI is InChI=1S/C16H14F4N2OS.C2H6/c17-13-3-1-10(2-4-13)15(16(18,19)20)22-24-14-5-11(6-21-7-14)12-8-23-9-12;1-2/h1-7,12,15,22H,8-9H2;1-2H3. The molecule has 1 aliphatic heterocycles. The Morgan fingerprint density at radius 3 is 2.35 bits per heavy atom. The van der Waals surface area contributed by atoms with Crippen LogP contribution in [0.25, 0.3) is 0 Å². The van der Waals surface area contributed by atoms with Crippen LogP contribution in [0.4, 0.5) is 17.6 Å². The van der Waals surface area contributed by atoms with E-state index in [0.717, 1.165) is 41.8 Å². The fourth-order valence-electron chi connectivity index (χ4n) is 2.25. The number of alkyl halides is 3. The molecule has 1 saturated heterocycles. The van der Waals surface area contributed by atoms with Crippen LogP contribution in [0.5, 0.6) is 0 Å². The molecule has 142 valence electrons. The van der Waals surface area contributed by atoms with Crippen LogP contribution in [0, 0.1) is 5.82 Å². The molecule has 1 aliphatic rings. The minimum Gasteiger partial charge on any atom is -0.380 e. The first-order valence-corrected chi connectivity index (χ1v) is 9.02. The highest BCUT2D eigenvalue weighted by atomic mass is 32.2. The summed E-state index contributed by atoms with van der Waals surface area (Å²) in [7, 11) is 0. The quantitative estimate of drug-likeness (QED) is 0.560. The Bertz CT molecular complexity index is 690. The number of aromatic nitrogens is 1. The average molecular weight is 388 g/mol. The van der Waals surface area contributed by atoms with Crippen molar-refractivity contribution in [3.63, 3.8) is 0 Å². The first-order chi connectivity index (χ1) is 12.4. The Morgan fingerprint density at radius 2 is 1.81 bits per heavy atom. The number of benzene rings is 1. The molecule has 26 heavy (non-hydrogen) atoms. The summed E-state index contributed by atoms with van der Waals surface area (Å²) in [4.78, 5) is 4.64. The van der Waals surface area contributed by atoms with Gasteiger partial charge in [0.1, 0.15) is 11.9 Å². The van der Waals surface area contributed by atoms with Crippen molar-refractivity contribution in [1.82, 2.24) is 9.71 Å². The van der Waals surface area contributed by atoms with E-state index in [1.165, 1.54) is 6.20 Å². The fraction of sp³-hybridized carbons (Fsp3) is 0.389. The molecule has 1 unspecified atom stereocenters. The lowest BCUT2D eigenvalue weighted by Gasteiger charge is -2.26. The SMILES string of the molecule is CC.Fc1ccc(C(NSc2cncc(C3COC3)c2)C(F)(F)F)cc1. The van der Waals surface area contributed by atoms with Crippen LogP contribution in [0.1, 0.15) is 36.9 Å². The lowest BCUT2D eigenvalue weighted by Crippen LogP contribution is -2.30. The van der Waals surface area contributed by atoms with Gasteiger partial charge in [0.15, 0.2) is 0 Å². The lowest BCUT2D eigenvalue weighted by molar-refractivity contribution is -0.152. The molecule has 1 aromatic carbocycles. The van der Waals surface area contributed by atoms with Crippen molar-refractivity contribution in [2.45, 2.75) is 36.9 Å². The van der Waals surface area contributed by atoms with Crippen molar-refractivity contribution in [3.8, 4) is 0 Å². The second-order valence-corrected chi connectivity index (χ2v) is 6.35. The van der Waals surface area contributed by atoms with Gasteiger partial charge in [0, 0.05) is 23.2 Å². The first-order valence-electron chi connectivity index (χ1n) is 8.21. The molecule has 8 heteroatoms. The number of nitrogens with zero attached hydrogens (tertiary/aromatic N) is 1. The first kappa shape index (κ1) is 20.7. The van der Waals surface area contributed by atoms with Crippen molar-refractivity contribution in [2.24, 2.45) is 0 Å². The van der Waals surface area contributed by atoms with Crippen LogP contribution < -0.4 is 4.72 Å². The van der Waals surface area contributed by atoms with E-state index in [9.17, 15) is 17.6 Å². The van der Waals surface area contributed by atoms with Crippen LogP contribution in [-0.2, 0) is 4.74 Å². The van der Waals surface area contributed by atoms with Crippen LogP contribution >= 0.6 is 11.9 Å². The van der Waals surface area contributed by atoms with Crippen LogP contribution in [0.2, 0.25) is 0 Å². The van der Waals surface area contributed by atoms with Gasteiger partial charge in [-0.1, -0.05) is 26.0 Å². The lowest BCUT2D eigenvalue weighted by atomic mass is 10.00. The minimum absolute atomic E-state index is 0.0482. The topological polar surface area (TPSA) is 34.2 Å². The van der Waals surface area contributed by atoms with Gasteiger partial charge < -0.3 is 4.74 Å². The second kappa shape index (κ2) is 9.34. The highest BCUT2D eigenvalue weighted by molar-refractivity contribution is 7.97. The molecule has 0 saturated carbocycles. The van der Waals surface area contributed by atoms with Gasteiger partial charge >= 0.3 is 6.18 Å². The van der Waals surface area contributed by atoms with E-state index in [4.69, 9.17) is 4.74 Å². The zero-order valence-electron chi connectivity index (χ0n) is 14.4. The Labute approximate surface area is 154 Å². The molecule has 0 radical (unpaired) electrons. The maximum atomic E-state index is 13.3. The third-order valence-electron chi connectivity index (χ3n) is 3.67. The van der Waals surface area contributed by atoms with Crippen LogP contribution in [0.15, 0.2) is 47.6 Å². The van der Waals surface area contributed by atoms with E-state index in [2.05, 4.69) is 9.71 Å².